The molecule has 0 aliphatic carbocycles. The molecule has 3 rings (SSSR count). The van der Waals surface area contributed by atoms with Gasteiger partial charge in [-0.15, -0.1) is 11.3 Å². The zero-order valence-electron chi connectivity index (χ0n) is 11.6. The normalized spacial score (nSPS) is 10.9. The molecule has 6 heteroatoms. The third-order valence-corrected chi connectivity index (χ3v) is 3.73. The number of hydrogen-bond acceptors (Lipinski definition) is 6. The first-order valence-corrected chi connectivity index (χ1v) is 7.48. The summed E-state index contributed by atoms with van der Waals surface area (Å²) < 4.78 is 0. The van der Waals surface area contributed by atoms with Crippen LogP contribution in [0, 0.1) is 0 Å². The van der Waals surface area contributed by atoms with Crippen molar-refractivity contribution in [2.45, 2.75) is 0 Å². The Morgan fingerprint density at radius 2 is 1.91 bits per heavy atom. The van der Waals surface area contributed by atoms with E-state index in [9.17, 15) is 5.11 Å². The molecular weight excluding hydrogens is 296 g/mol. The third-order valence-electron chi connectivity index (χ3n) is 2.96. The van der Waals surface area contributed by atoms with Crippen LogP contribution in [0.2, 0.25) is 0 Å². The Morgan fingerprint density at radius 1 is 1.14 bits per heavy atom. The Labute approximate surface area is 131 Å². The minimum absolute atomic E-state index is 0.250. The van der Waals surface area contributed by atoms with Gasteiger partial charge in [0.25, 0.3) is 0 Å². The van der Waals surface area contributed by atoms with Gasteiger partial charge in [-0.05, 0) is 34.9 Å². The van der Waals surface area contributed by atoms with Crippen LogP contribution in [0.3, 0.4) is 0 Å². The fraction of sp³-hybridized carbons (Fsp3) is 0. The van der Waals surface area contributed by atoms with Crippen molar-refractivity contribution in [2.75, 3.05) is 11.2 Å². The van der Waals surface area contributed by atoms with Gasteiger partial charge in [-0.3, -0.25) is 5.43 Å². The molecule has 0 radical (unpaired) electrons. The van der Waals surface area contributed by atoms with Crippen LogP contribution in [0.25, 0.3) is 11.1 Å². The Morgan fingerprint density at radius 3 is 2.64 bits per heavy atom. The monoisotopic (exact) mass is 310 g/mol. The SMILES string of the molecule is Nc1csc(NN=Cc2cccc(-c3cccc(O)c3)c2)n1. The standard InChI is InChI=1S/C16H14N4OS/c17-15-10-22-16(19-15)20-18-9-11-3-1-4-12(7-11)13-5-2-6-14(21)8-13/h1-10,21H,17H2,(H,19,20). The molecule has 0 atom stereocenters. The van der Waals surface area contributed by atoms with Gasteiger partial charge in [0.1, 0.15) is 11.6 Å². The fourth-order valence-electron chi connectivity index (χ4n) is 1.98. The molecule has 22 heavy (non-hydrogen) atoms. The maximum atomic E-state index is 9.56. The summed E-state index contributed by atoms with van der Waals surface area (Å²) in [5, 5.41) is 16.1. The van der Waals surface area contributed by atoms with Crippen molar-refractivity contribution in [3.8, 4) is 16.9 Å². The molecule has 1 heterocycles. The average Bonchev–Trinajstić information content (AvgIpc) is 2.93. The lowest BCUT2D eigenvalue weighted by Gasteiger charge is -2.03. The third kappa shape index (κ3) is 3.42. The molecule has 0 spiro atoms. The number of nitrogens with two attached hydrogens (primary N) is 1. The number of aromatic nitrogens is 1. The van der Waals surface area contributed by atoms with Crippen molar-refractivity contribution in [1.82, 2.24) is 4.98 Å². The molecule has 4 N–H and O–H groups in total. The molecule has 0 unspecified atom stereocenters. The summed E-state index contributed by atoms with van der Waals surface area (Å²) >= 11 is 1.40. The van der Waals surface area contributed by atoms with E-state index in [1.165, 1.54) is 11.3 Å². The van der Waals surface area contributed by atoms with E-state index in [2.05, 4.69) is 15.5 Å². The van der Waals surface area contributed by atoms with Gasteiger partial charge in [0.05, 0.1) is 6.21 Å². The lowest BCUT2D eigenvalue weighted by molar-refractivity contribution is 0.475. The minimum Gasteiger partial charge on any atom is -0.508 e. The Bertz CT molecular complexity index is 813. The highest BCUT2D eigenvalue weighted by Crippen LogP contribution is 2.23. The van der Waals surface area contributed by atoms with E-state index in [1.807, 2.05) is 36.4 Å². The smallest absolute Gasteiger partial charge is 0.205 e. The largest absolute Gasteiger partial charge is 0.508 e. The highest BCUT2D eigenvalue weighted by Gasteiger charge is 2.00. The van der Waals surface area contributed by atoms with E-state index in [4.69, 9.17) is 5.73 Å². The zero-order chi connectivity index (χ0) is 15.4. The summed E-state index contributed by atoms with van der Waals surface area (Å²) in [6.45, 7) is 0. The van der Waals surface area contributed by atoms with Crippen LogP contribution in [-0.4, -0.2) is 16.3 Å². The van der Waals surface area contributed by atoms with Crippen LogP contribution in [0.1, 0.15) is 5.56 Å². The summed E-state index contributed by atoms with van der Waals surface area (Å²) in [6.07, 6.45) is 1.71. The van der Waals surface area contributed by atoms with Crippen molar-refractivity contribution < 1.29 is 5.11 Å². The summed E-state index contributed by atoms with van der Waals surface area (Å²) in [7, 11) is 0. The van der Waals surface area contributed by atoms with Crippen LogP contribution in [-0.2, 0) is 0 Å². The van der Waals surface area contributed by atoms with Crippen LogP contribution in [0.15, 0.2) is 59.0 Å². The predicted octanol–water partition coefficient (Wildman–Crippen LogP) is 3.54. The van der Waals surface area contributed by atoms with Crippen molar-refractivity contribution in [3.05, 3.63) is 59.5 Å². The first kappa shape index (κ1) is 14.1. The fourth-order valence-corrected chi connectivity index (χ4v) is 2.53. The second kappa shape index (κ2) is 6.28. The van der Waals surface area contributed by atoms with E-state index in [0.29, 0.717) is 10.9 Å². The molecule has 3 aromatic rings. The number of benzene rings is 2. The zero-order valence-corrected chi connectivity index (χ0v) is 12.4. The van der Waals surface area contributed by atoms with E-state index < -0.39 is 0 Å². The van der Waals surface area contributed by atoms with E-state index in [0.717, 1.165) is 16.7 Å². The summed E-state index contributed by atoms with van der Waals surface area (Å²) in [4.78, 5) is 4.06. The molecule has 0 aliphatic rings. The highest BCUT2D eigenvalue weighted by atomic mass is 32.1. The van der Waals surface area contributed by atoms with Crippen LogP contribution in [0.5, 0.6) is 5.75 Å². The Balaban J connectivity index is 1.76. The number of rotatable bonds is 4. The lowest BCUT2D eigenvalue weighted by Crippen LogP contribution is -1.91. The molecule has 0 saturated carbocycles. The predicted molar refractivity (Wildman–Crippen MR) is 91.3 cm³/mol. The number of anilines is 2. The van der Waals surface area contributed by atoms with Gasteiger partial charge < -0.3 is 10.8 Å². The molecule has 1 aromatic heterocycles. The van der Waals surface area contributed by atoms with Gasteiger partial charge in [-0.1, -0.05) is 30.3 Å². The number of thiazole rings is 1. The Kier molecular flexibility index (Phi) is 4.02. The quantitative estimate of drug-likeness (QED) is 0.508. The molecular formula is C16H14N4OS. The minimum atomic E-state index is 0.250. The molecule has 0 saturated heterocycles. The number of nitrogens with zero attached hydrogens (tertiary/aromatic N) is 2. The molecule has 110 valence electrons. The molecule has 2 aromatic carbocycles. The first-order valence-electron chi connectivity index (χ1n) is 6.60. The first-order chi connectivity index (χ1) is 10.7. The van der Waals surface area contributed by atoms with E-state index in [-0.39, 0.29) is 5.75 Å². The number of nitrogen functional groups attached to an aromatic ring is 1. The maximum Gasteiger partial charge on any atom is 0.205 e. The number of nitrogens with one attached hydrogen (secondary N) is 1. The highest BCUT2D eigenvalue weighted by molar-refractivity contribution is 7.14. The average molecular weight is 310 g/mol. The molecule has 0 amide bonds. The summed E-state index contributed by atoms with van der Waals surface area (Å²) in [5.41, 5.74) is 11.3. The number of hydrogen-bond donors (Lipinski definition) is 3. The van der Waals surface area contributed by atoms with Gasteiger partial charge in [-0.25, -0.2) is 4.98 Å². The number of aromatic hydroxyl groups is 1. The van der Waals surface area contributed by atoms with Crippen LogP contribution >= 0.6 is 11.3 Å². The maximum absolute atomic E-state index is 9.56. The van der Waals surface area contributed by atoms with Crippen LogP contribution < -0.4 is 11.2 Å². The van der Waals surface area contributed by atoms with Crippen molar-refractivity contribution in [2.24, 2.45) is 5.10 Å². The second-order valence-electron chi connectivity index (χ2n) is 4.62. The van der Waals surface area contributed by atoms with Gasteiger partial charge in [-0.2, -0.15) is 5.10 Å². The number of hydrazone groups is 1. The number of phenols is 1. The Hall–Kier alpha value is -2.86. The van der Waals surface area contributed by atoms with Gasteiger partial charge in [0.15, 0.2) is 0 Å². The van der Waals surface area contributed by atoms with Crippen molar-refractivity contribution in [1.29, 1.82) is 0 Å². The second-order valence-corrected chi connectivity index (χ2v) is 5.48. The van der Waals surface area contributed by atoms with E-state index in [1.54, 1.807) is 23.7 Å². The van der Waals surface area contributed by atoms with Gasteiger partial charge in [0.2, 0.25) is 5.13 Å². The molecule has 0 aliphatic heterocycles. The van der Waals surface area contributed by atoms with Crippen molar-refractivity contribution >= 4 is 28.5 Å². The van der Waals surface area contributed by atoms with Crippen molar-refractivity contribution in [3.63, 3.8) is 0 Å². The summed E-state index contributed by atoms with van der Waals surface area (Å²) in [5.74, 6) is 0.730. The molecule has 5 nitrogen and oxygen atoms in total. The topological polar surface area (TPSA) is 83.5 Å². The molecule has 0 fully saturated rings. The summed E-state index contributed by atoms with van der Waals surface area (Å²) in [6, 6.07) is 15.0. The van der Waals surface area contributed by atoms with Gasteiger partial charge >= 0.3 is 0 Å². The molecule has 0 bridgehead atoms. The number of phenolic OH excluding ortho intramolecular Hbond substituents is 1. The van der Waals surface area contributed by atoms with Crippen LogP contribution in [0.4, 0.5) is 10.9 Å². The van der Waals surface area contributed by atoms with Gasteiger partial charge in [0, 0.05) is 5.38 Å². The lowest BCUT2D eigenvalue weighted by atomic mass is 10.0. The van der Waals surface area contributed by atoms with E-state index >= 15 is 0 Å².